The fourth-order valence-corrected chi connectivity index (χ4v) is 3.57. The number of nitrogens with one attached hydrogen (secondary N) is 1. The van der Waals surface area contributed by atoms with E-state index in [4.69, 9.17) is 4.84 Å². The molecule has 7 heteroatoms. The van der Waals surface area contributed by atoms with E-state index < -0.39 is 12.0 Å². The number of hydrogen-bond acceptors (Lipinski definition) is 5. The van der Waals surface area contributed by atoms with Crippen molar-refractivity contribution < 1.29 is 14.4 Å². The van der Waals surface area contributed by atoms with Crippen LogP contribution in [0, 0.1) is 0 Å². The molecule has 0 saturated heterocycles. The van der Waals surface area contributed by atoms with Gasteiger partial charge in [-0.3, -0.25) is 14.7 Å². The van der Waals surface area contributed by atoms with Gasteiger partial charge >= 0.3 is 6.09 Å². The lowest BCUT2D eigenvalue weighted by molar-refractivity contribution is 0.0397. The van der Waals surface area contributed by atoms with E-state index >= 15 is 0 Å². The molecule has 0 atom stereocenters. The van der Waals surface area contributed by atoms with Crippen molar-refractivity contribution >= 4 is 23.4 Å². The molecule has 176 valence electrons. The topological polar surface area (TPSA) is 74.8 Å². The quantitative estimate of drug-likeness (QED) is 0.373. The van der Waals surface area contributed by atoms with Crippen molar-refractivity contribution in [2.24, 2.45) is 0 Å². The van der Waals surface area contributed by atoms with Crippen molar-refractivity contribution in [2.75, 3.05) is 11.9 Å². The minimum atomic E-state index is -0.663. The van der Waals surface area contributed by atoms with Crippen molar-refractivity contribution in [3.05, 3.63) is 126 Å². The van der Waals surface area contributed by atoms with Gasteiger partial charge in [-0.2, -0.15) is 5.48 Å². The Morgan fingerprint density at radius 3 is 2.17 bits per heavy atom. The third-order valence-electron chi connectivity index (χ3n) is 5.44. The summed E-state index contributed by atoms with van der Waals surface area (Å²) in [4.78, 5) is 38.5. The zero-order valence-corrected chi connectivity index (χ0v) is 19.4. The SMILES string of the molecule is CN(c1ccccc1)c1cccc(C(=O)NOC(=O)N(Cc2ccccc2)Cc2cccnc2)c1. The summed E-state index contributed by atoms with van der Waals surface area (Å²) in [6, 6.07) is 30.2. The van der Waals surface area contributed by atoms with Gasteiger partial charge in [0.2, 0.25) is 0 Å². The number of carbonyl (C=O) groups excluding carboxylic acids is 2. The average Bonchev–Trinajstić information content (AvgIpc) is 2.92. The molecular weight excluding hydrogens is 440 g/mol. The predicted molar refractivity (Wildman–Crippen MR) is 135 cm³/mol. The van der Waals surface area contributed by atoms with Crippen LogP contribution in [0.15, 0.2) is 109 Å². The second-order valence-electron chi connectivity index (χ2n) is 7.95. The minimum absolute atomic E-state index is 0.287. The number of rotatable bonds is 7. The maximum Gasteiger partial charge on any atom is 0.434 e. The Kier molecular flexibility index (Phi) is 7.70. The molecule has 4 rings (SSSR count). The molecule has 0 unspecified atom stereocenters. The zero-order valence-electron chi connectivity index (χ0n) is 19.4. The summed E-state index contributed by atoms with van der Waals surface area (Å²) in [5.74, 6) is -0.511. The molecule has 0 spiro atoms. The van der Waals surface area contributed by atoms with Crippen molar-refractivity contribution in [3.63, 3.8) is 0 Å². The number of nitrogens with zero attached hydrogens (tertiary/aromatic N) is 3. The zero-order chi connectivity index (χ0) is 24.5. The van der Waals surface area contributed by atoms with E-state index in [2.05, 4.69) is 10.5 Å². The van der Waals surface area contributed by atoms with Crippen LogP contribution in [-0.4, -0.2) is 28.9 Å². The largest absolute Gasteiger partial charge is 0.434 e. The van der Waals surface area contributed by atoms with Crippen LogP contribution in [0.5, 0.6) is 0 Å². The van der Waals surface area contributed by atoms with Gasteiger partial charge in [0.05, 0.1) is 6.54 Å². The number of carbonyl (C=O) groups is 2. The molecule has 1 N–H and O–H groups in total. The standard InChI is InChI=1S/C28H26N4O3/c1-31(25-14-6-3-7-15-25)26-16-8-13-24(18-26)27(33)30-35-28(34)32(20-22-10-4-2-5-11-22)21-23-12-9-17-29-19-23/h2-19H,20-21H2,1H3,(H,30,33). The monoisotopic (exact) mass is 466 g/mol. The van der Waals surface area contributed by atoms with Crippen LogP contribution < -0.4 is 10.4 Å². The highest BCUT2D eigenvalue weighted by Gasteiger charge is 2.19. The third-order valence-corrected chi connectivity index (χ3v) is 5.44. The van der Waals surface area contributed by atoms with Crippen molar-refractivity contribution in [2.45, 2.75) is 13.1 Å². The lowest BCUT2D eigenvalue weighted by Crippen LogP contribution is -2.36. The van der Waals surface area contributed by atoms with Gasteiger partial charge in [0, 0.05) is 42.9 Å². The highest BCUT2D eigenvalue weighted by atomic mass is 16.7. The number of pyridine rings is 1. The molecule has 1 heterocycles. The molecule has 1 aromatic heterocycles. The lowest BCUT2D eigenvalue weighted by atomic mass is 10.1. The fraction of sp³-hybridized carbons (Fsp3) is 0.107. The Balaban J connectivity index is 1.43. The molecule has 0 fully saturated rings. The van der Waals surface area contributed by atoms with Gasteiger partial charge in [-0.05, 0) is 47.5 Å². The van der Waals surface area contributed by atoms with Crippen molar-refractivity contribution in [3.8, 4) is 0 Å². The third kappa shape index (κ3) is 6.45. The minimum Gasteiger partial charge on any atom is -0.345 e. The number of hydrogen-bond donors (Lipinski definition) is 1. The van der Waals surface area contributed by atoms with Gasteiger partial charge in [0.1, 0.15) is 0 Å². The maximum absolute atomic E-state index is 12.9. The summed E-state index contributed by atoms with van der Waals surface area (Å²) in [7, 11) is 1.92. The van der Waals surface area contributed by atoms with E-state index in [1.165, 1.54) is 4.90 Å². The van der Waals surface area contributed by atoms with Crippen molar-refractivity contribution in [1.82, 2.24) is 15.4 Å². The molecule has 0 bridgehead atoms. The van der Waals surface area contributed by atoms with Gasteiger partial charge in [0.15, 0.2) is 0 Å². The van der Waals surface area contributed by atoms with Crippen LogP contribution in [0.25, 0.3) is 0 Å². The number of hydroxylamine groups is 1. The fourth-order valence-electron chi connectivity index (χ4n) is 3.57. The molecule has 0 aliphatic rings. The summed E-state index contributed by atoms with van der Waals surface area (Å²) in [6.45, 7) is 0.608. The van der Waals surface area contributed by atoms with Gasteiger partial charge in [-0.15, -0.1) is 0 Å². The maximum atomic E-state index is 12.9. The molecule has 3 aromatic carbocycles. The number of benzene rings is 3. The normalized spacial score (nSPS) is 10.3. The number of para-hydroxylation sites is 1. The molecular formula is C28H26N4O3. The van der Waals surface area contributed by atoms with E-state index in [1.54, 1.807) is 30.6 Å². The van der Waals surface area contributed by atoms with Crippen LogP contribution in [0.4, 0.5) is 16.2 Å². The number of aromatic nitrogens is 1. The first kappa shape index (κ1) is 23.5. The summed E-state index contributed by atoms with van der Waals surface area (Å²) < 4.78 is 0. The Morgan fingerprint density at radius 2 is 1.46 bits per heavy atom. The summed E-state index contributed by atoms with van der Waals surface area (Å²) in [5, 5.41) is 0. The summed E-state index contributed by atoms with van der Waals surface area (Å²) in [6.07, 6.45) is 2.70. The number of amides is 2. The number of anilines is 2. The molecule has 0 aliphatic carbocycles. The highest BCUT2D eigenvalue weighted by molar-refractivity contribution is 5.95. The average molecular weight is 467 g/mol. The summed E-state index contributed by atoms with van der Waals surface area (Å²) in [5.41, 5.74) is 6.28. The van der Waals surface area contributed by atoms with Crippen molar-refractivity contribution in [1.29, 1.82) is 0 Å². The second kappa shape index (κ2) is 11.5. The molecule has 0 saturated carbocycles. The molecule has 35 heavy (non-hydrogen) atoms. The Bertz CT molecular complexity index is 1210. The van der Waals surface area contributed by atoms with Crippen LogP contribution in [0.3, 0.4) is 0 Å². The molecule has 4 aromatic rings. The van der Waals surface area contributed by atoms with Crippen LogP contribution >= 0.6 is 0 Å². The molecule has 7 nitrogen and oxygen atoms in total. The van der Waals surface area contributed by atoms with E-state index in [0.717, 1.165) is 22.5 Å². The smallest absolute Gasteiger partial charge is 0.345 e. The van der Waals surface area contributed by atoms with Crippen LogP contribution in [-0.2, 0) is 17.9 Å². The highest BCUT2D eigenvalue weighted by Crippen LogP contribution is 2.24. The van der Waals surface area contributed by atoms with E-state index in [-0.39, 0.29) is 6.54 Å². The van der Waals surface area contributed by atoms with Gasteiger partial charge in [-0.1, -0.05) is 60.7 Å². The second-order valence-corrected chi connectivity index (χ2v) is 7.95. The van der Waals surface area contributed by atoms with E-state index in [0.29, 0.717) is 12.1 Å². The van der Waals surface area contributed by atoms with E-state index in [1.807, 2.05) is 90.8 Å². The molecule has 0 aliphatic heterocycles. The molecule has 0 radical (unpaired) electrons. The Hall–Kier alpha value is -4.65. The first-order valence-corrected chi connectivity index (χ1v) is 11.2. The van der Waals surface area contributed by atoms with Gasteiger partial charge in [0.25, 0.3) is 5.91 Å². The van der Waals surface area contributed by atoms with E-state index in [9.17, 15) is 9.59 Å². The van der Waals surface area contributed by atoms with Crippen LogP contribution in [0.1, 0.15) is 21.5 Å². The Labute approximate surface area is 204 Å². The first-order valence-electron chi connectivity index (χ1n) is 11.2. The van der Waals surface area contributed by atoms with Crippen LogP contribution in [0.2, 0.25) is 0 Å². The lowest BCUT2D eigenvalue weighted by Gasteiger charge is -2.22. The Morgan fingerprint density at radius 1 is 0.800 bits per heavy atom. The first-order chi connectivity index (χ1) is 17.1. The van der Waals surface area contributed by atoms with Gasteiger partial charge in [-0.25, -0.2) is 4.79 Å². The predicted octanol–water partition coefficient (Wildman–Crippen LogP) is 5.33. The summed E-state index contributed by atoms with van der Waals surface area (Å²) >= 11 is 0. The molecule has 2 amide bonds. The van der Waals surface area contributed by atoms with Gasteiger partial charge < -0.3 is 9.74 Å².